The van der Waals surface area contributed by atoms with Gasteiger partial charge in [0.1, 0.15) is 23.1 Å². The zero-order valence-corrected chi connectivity index (χ0v) is 23.7. The van der Waals surface area contributed by atoms with Crippen LogP contribution in [0.4, 0.5) is 22.0 Å². The summed E-state index contributed by atoms with van der Waals surface area (Å²) in [7, 11) is 0. The van der Waals surface area contributed by atoms with Crippen molar-refractivity contribution in [3.63, 3.8) is 0 Å². The quantitative estimate of drug-likeness (QED) is 0.187. The Bertz CT molecular complexity index is 1250. The molecule has 1 nitrogen and oxygen atoms in total. The number of ether oxygens (including phenoxy) is 1. The van der Waals surface area contributed by atoms with E-state index in [0.717, 1.165) is 24.1 Å². The third-order valence-electron chi connectivity index (χ3n) is 5.14. The van der Waals surface area contributed by atoms with Crippen LogP contribution in [0.3, 0.4) is 0 Å². The largest absolute Gasteiger partial charge is 0.456 e. The maximum atomic E-state index is 14.7. The van der Waals surface area contributed by atoms with Gasteiger partial charge in [-0.1, -0.05) is 91.3 Å². The summed E-state index contributed by atoms with van der Waals surface area (Å²) in [4.78, 5) is 0. The van der Waals surface area contributed by atoms with Crippen molar-refractivity contribution >= 4 is 11.6 Å². The highest BCUT2D eigenvalue weighted by molar-refractivity contribution is 5.85. The fourth-order valence-electron chi connectivity index (χ4n) is 3.75. The van der Waals surface area contributed by atoms with Gasteiger partial charge in [0.25, 0.3) is 0 Å². The first kappa shape index (κ1) is 34.9. The molecule has 3 aromatic carbocycles. The van der Waals surface area contributed by atoms with Gasteiger partial charge in [-0.25, -0.2) is 8.78 Å². The predicted molar refractivity (Wildman–Crippen MR) is 150 cm³/mol. The number of fused-ring (bicyclic) bond motifs is 2. The van der Waals surface area contributed by atoms with E-state index in [-0.39, 0.29) is 24.2 Å². The molecule has 0 aromatic heterocycles. The molecule has 210 valence electrons. The fraction of sp³-hybridized carbons (Fsp3) is 0.344. The van der Waals surface area contributed by atoms with Crippen molar-refractivity contribution in [3.05, 3.63) is 101 Å². The molecule has 3 aromatic rings. The Morgan fingerprint density at radius 3 is 1.95 bits per heavy atom. The summed E-state index contributed by atoms with van der Waals surface area (Å²) in [6, 6.07) is 14.5. The SMILES string of the molecule is CC.CC.CC.CCCc1cc2c(cc1F)C(c1ccccc1)=c1cc(F)/c(=C\CC(F)(F)F)cc1O2.[CH3-]. The molecule has 0 fully saturated rings. The molecule has 0 atom stereocenters. The third-order valence-corrected chi connectivity index (χ3v) is 5.14. The summed E-state index contributed by atoms with van der Waals surface area (Å²) in [6.45, 7) is 13.9. The molecular weight excluding hydrogens is 495 g/mol. The van der Waals surface area contributed by atoms with Gasteiger partial charge in [-0.15, -0.1) is 0 Å². The molecule has 0 spiro atoms. The van der Waals surface area contributed by atoms with Crippen molar-refractivity contribution in [2.24, 2.45) is 0 Å². The van der Waals surface area contributed by atoms with Gasteiger partial charge >= 0.3 is 6.18 Å². The van der Waals surface area contributed by atoms with E-state index in [1.54, 1.807) is 18.2 Å². The van der Waals surface area contributed by atoms with Crippen molar-refractivity contribution in [2.45, 2.75) is 73.9 Å². The number of hydrogen-bond donors (Lipinski definition) is 0. The van der Waals surface area contributed by atoms with Crippen LogP contribution < -0.4 is 15.2 Å². The van der Waals surface area contributed by atoms with E-state index < -0.39 is 18.4 Å². The molecule has 38 heavy (non-hydrogen) atoms. The number of benzene rings is 3. The Kier molecular flexibility index (Phi) is 15.3. The second-order valence-electron chi connectivity index (χ2n) is 7.43. The maximum absolute atomic E-state index is 14.7. The molecule has 1 aliphatic rings. The number of halogens is 5. The first-order valence-corrected chi connectivity index (χ1v) is 12.9. The predicted octanol–water partition coefficient (Wildman–Crippen LogP) is 9.53. The Hall–Kier alpha value is -3.15. The lowest BCUT2D eigenvalue weighted by Crippen LogP contribution is -2.23. The molecule has 0 unspecified atom stereocenters. The second kappa shape index (κ2) is 16.6. The lowest BCUT2D eigenvalue weighted by atomic mass is 9.91. The van der Waals surface area contributed by atoms with Crippen LogP contribution >= 0.6 is 0 Å². The van der Waals surface area contributed by atoms with E-state index in [4.69, 9.17) is 4.74 Å². The van der Waals surface area contributed by atoms with Crippen LogP contribution in [0.15, 0.2) is 54.6 Å². The molecule has 0 bridgehead atoms. The van der Waals surface area contributed by atoms with Crippen LogP contribution in [-0.2, 0) is 6.42 Å². The van der Waals surface area contributed by atoms with Crippen molar-refractivity contribution in [1.29, 1.82) is 0 Å². The van der Waals surface area contributed by atoms with Crippen LogP contribution in [0.5, 0.6) is 11.5 Å². The average molecular weight is 536 g/mol. The van der Waals surface area contributed by atoms with Crippen LogP contribution in [0, 0.1) is 19.1 Å². The van der Waals surface area contributed by atoms with Gasteiger partial charge in [0.05, 0.1) is 6.42 Å². The normalized spacial score (nSPS) is 11.6. The average Bonchev–Trinajstić information content (AvgIpc) is 2.91. The van der Waals surface area contributed by atoms with E-state index in [9.17, 15) is 22.0 Å². The smallest absolute Gasteiger partial charge is 0.392 e. The lowest BCUT2D eigenvalue weighted by molar-refractivity contribution is -0.122. The second-order valence-corrected chi connectivity index (χ2v) is 7.43. The van der Waals surface area contributed by atoms with E-state index >= 15 is 0 Å². The number of rotatable bonds is 4. The first-order valence-electron chi connectivity index (χ1n) is 12.9. The highest BCUT2D eigenvalue weighted by Gasteiger charge is 2.26. The van der Waals surface area contributed by atoms with E-state index in [1.807, 2.05) is 66.7 Å². The van der Waals surface area contributed by atoms with Crippen LogP contribution in [0.1, 0.15) is 78.0 Å². The molecule has 0 saturated heterocycles. The van der Waals surface area contributed by atoms with E-state index in [1.165, 1.54) is 12.1 Å². The number of hydrogen-bond acceptors (Lipinski definition) is 1. The van der Waals surface area contributed by atoms with Gasteiger partial charge in [-0.2, -0.15) is 13.2 Å². The van der Waals surface area contributed by atoms with E-state index in [0.29, 0.717) is 34.1 Å². The Balaban J connectivity index is 0.00000183. The van der Waals surface area contributed by atoms with Crippen molar-refractivity contribution in [2.75, 3.05) is 0 Å². The maximum Gasteiger partial charge on any atom is 0.392 e. The Morgan fingerprint density at radius 2 is 1.39 bits per heavy atom. The minimum atomic E-state index is -4.44. The molecule has 1 heterocycles. The van der Waals surface area contributed by atoms with Crippen molar-refractivity contribution < 1.29 is 26.7 Å². The minimum absolute atomic E-state index is 0. The topological polar surface area (TPSA) is 9.23 Å². The van der Waals surface area contributed by atoms with Crippen molar-refractivity contribution in [1.82, 2.24) is 0 Å². The summed E-state index contributed by atoms with van der Waals surface area (Å²) >= 11 is 0. The molecule has 6 heteroatoms. The lowest BCUT2D eigenvalue weighted by Gasteiger charge is -2.22. The highest BCUT2D eigenvalue weighted by atomic mass is 19.4. The summed E-state index contributed by atoms with van der Waals surface area (Å²) in [5.41, 5.74) is 2.26. The Labute approximate surface area is 224 Å². The van der Waals surface area contributed by atoms with Gasteiger partial charge in [0.2, 0.25) is 0 Å². The van der Waals surface area contributed by atoms with E-state index in [2.05, 4.69) is 0 Å². The van der Waals surface area contributed by atoms with Gasteiger partial charge in [-0.05, 0) is 41.8 Å². The Morgan fingerprint density at radius 1 is 0.789 bits per heavy atom. The fourth-order valence-corrected chi connectivity index (χ4v) is 3.75. The van der Waals surface area contributed by atoms with Crippen LogP contribution in [0.2, 0.25) is 0 Å². The first-order chi connectivity index (χ1) is 17.8. The molecule has 4 rings (SSSR count). The van der Waals surface area contributed by atoms with Gasteiger partial charge in [0.15, 0.2) is 0 Å². The summed E-state index contributed by atoms with van der Waals surface area (Å²) in [5, 5.41) is 0.172. The molecule has 0 radical (unpaired) electrons. The number of aryl methyl sites for hydroxylation is 1. The van der Waals surface area contributed by atoms with Gasteiger partial charge in [-0.3, -0.25) is 0 Å². The molecule has 1 aliphatic heterocycles. The van der Waals surface area contributed by atoms with Crippen molar-refractivity contribution in [3.8, 4) is 11.5 Å². The number of alkyl halides is 3. The molecule has 0 amide bonds. The molecule has 0 aliphatic carbocycles. The summed E-state index contributed by atoms with van der Waals surface area (Å²) in [5.74, 6) is -0.553. The molecular formula is C32H40F5O-. The third kappa shape index (κ3) is 8.71. The summed E-state index contributed by atoms with van der Waals surface area (Å²) in [6.07, 6.45) is -3.64. The van der Waals surface area contributed by atoms with Gasteiger partial charge in [0, 0.05) is 21.6 Å². The monoisotopic (exact) mass is 535 g/mol. The summed E-state index contributed by atoms with van der Waals surface area (Å²) < 4.78 is 73.3. The molecule has 0 N–H and O–H groups in total. The van der Waals surface area contributed by atoms with Gasteiger partial charge < -0.3 is 12.2 Å². The zero-order valence-electron chi connectivity index (χ0n) is 23.7. The van der Waals surface area contributed by atoms with Crippen LogP contribution in [-0.4, -0.2) is 6.18 Å². The standard InChI is InChI=1S/C25H19F5O.3C2H6.CH3/c1-2-6-16-11-22-18(13-20(16)26)24(15-7-4-3-5-8-15)19-14-21(27)17(12-23(19)31-22)9-10-25(28,29)30;3*1-2;/h3-5,7-9,11-14H,2,6,10H2,1H3;3*1-2H3;1H3/q;;;;-1/b17-9-;;;;. The highest BCUT2D eigenvalue weighted by Crippen LogP contribution is 2.37. The minimum Gasteiger partial charge on any atom is -0.456 e. The zero-order chi connectivity index (χ0) is 28.2. The van der Waals surface area contributed by atoms with Crippen LogP contribution in [0.25, 0.3) is 11.6 Å². The molecule has 0 saturated carbocycles.